The van der Waals surface area contributed by atoms with Crippen LogP contribution in [-0.4, -0.2) is 55.9 Å². The Morgan fingerprint density at radius 1 is 1.06 bits per heavy atom. The standard InChI is InChI=1S/C25H46N2O2S.C3H8O/c1-7-10-12-13-16-27(25(29)15-11-8-2)24(21(4)5)17-22(14-9-3)19-30-20-23(18-28)26-6;1-3-4-2/h18,20-22,24H,6-17,19H2,1-5H3;3H2,1-2H3/b23-20-;/t22-,24?;/m1./s1. The normalized spacial score (nSPS) is 13.1. The van der Waals surface area contributed by atoms with Gasteiger partial charge in [-0.25, -0.2) is 0 Å². The SMILES string of the molecule is C=N/C(C=O)=C\SC[C@H](CCC)CC(C(C)C)N(CCCCCC)C(=O)CCCC.CCOC. The fourth-order valence-corrected chi connectivity index (χ4v) is 4.78. The number of hydrogen-bond acceptors (Lipinski definition) is 5. The molecule has 0 fully saturated rings. The number of ether oxygens (including phenoxy) is 1. The number of thioether (sulfide) groups is 1. The lowest BCUT2D eigenvalue weighted by Gasteiger charge is -2.37. The monoisotopic (exact) mass is 498 g/mol. The number of methoxy groups -OCH3 is 1. The number of nitrogens with zero attached hydrogens (tertiary/aromatic N) is 2. The maximum Gasteiger partial charge on any atom is 0.222 e. The van der Waals surface area contributed by atoms with E-state index in [9.17, 15) is 9.59 Å². The first kappa shape index (κ1) is 35.0. The van der Waals surface area contributed by atoms with Crippen molar-refractivity contribution in [1.82, 2.24) is 4.90 Å². The van der Waals surface area contributed by atoms with Gasteiger partial charge in [-0.1, -0.05) is 66.7 Å². The van der Waals surface area contributed by atoms with E-state index in [-0.39, 0.29) is 6.04 Å². The number of carbonyl (C=O) groups excluding carboxylic acids is 2. The van der Waals surface area contributed by atoms with Crippen molar-refractivity contribution in [3.63, 3.8) is 0 Å². The zero-order valence-corrected chi connectivity index (χ0v) is 24.1. The highest BCUT2D eigenvalue weighted by Crippen LogP contribution is 2.27. The number of allylic oxidation sites excluding steroid dienone is 1. The van der Waals surface area contributed by atoms with Gasteiger partial charge in [-0.05, 0) is 56.6 Å². The van der Waals surface area contributed by atoms with Crippen molar-refractivity contribution in [2.24, 2.45) is 16.8 Å². The summed E-state index contributed by atoms with van der Waals surface area (Å²) in [5, 5.41) is 1.81. The van der Waals surface area contributed by atoms with Crippen molar-refractivity contribution >= 4 is 30.7 Å². The Morgan fingerprint density at radius 2 is 1.71 bits per heavy atom. The van der Waals surface area contributed by atoms with E-state index in [2.05, 4.69) is 56.0 Å². The first-order valence-electron chi connectivity index (χ1n) is 13.4. The molecule has 200 valence electrons. The maximum absolute atomic E-state index is 13.1. The van der Waals surface area contributed by atoms with Gasteiger partial charge in [-0.2, -0.15) is 0 Å². The van der Waals surface area contributed by atoms with Crippen LogP contribution in [0.3, 0.4) is 0 Å². The molecule has 0 aliphatic carbocycles. The Morgan fingerprint density at radius 3 is 2.18 bits per heavy atom. The van der Waals surface area contributed by atoms with E-state index in [1.807, 2.05) is 12.3 Å². The third-order valence-electron chi connectivity index (χ3n) is 5.89. The van der Waals surface area contributed by atoms with E-state index in [1.54, 1.807) is 18.9 Å². The van der Waals surface area contributed by atoms with Gasteiger partial charge in [0, 0.05) is 38.5 Å². The molecule has 0 aromatic rings. The number of carbonyl (C=O) groups is 2. The number of rotatable bonds is 20. The molecule has 0 aromatic heterocycles. The van der Waals surface area contributed by atoms with Crippen LogP contribution >= 0.6 is 11.8 Å². The molecule has 5 nitrogen and oxygen atoms in total. The molecule has 0 saturated heterocycles. The molecule has 0 rings (SSSR count). The summed E-state index contributed by atoms with van der Waals surface area (Å²) >= 11 is 1.64. The van der Waals surface area contributed by atoms with Gasteiger partial charge >= 0.3 is 0 Å². The number of aldehydes is 1. The van der Waals surface area contributed by atoms with Crippen LogP contribution < -0.4 is 0 Å². The smallest absolute Gasteiger partial charge is 0.222 e. The zero-order chi connectivity index (χ0) is 26.2. The Kier molecular flexibility index (Phi) is 25.7. The van der Waals surface area contributed by atoms with Crippen molar-refractivity contribution in [1.29, 1.82) is 0 Å². The predicted molar refractivity (Wildman–Crippen MR) is 151 cm³/mol. The van der Waals surface area contributed by atoms with Gasteiger partial charge in [0.1, 0.15) is 5.70 Å². The molecule has 34 heavy (non-hydrogen) atoms. The summed E-state index contributed by atoms with van der Waals surface area (Å²) in [6.45, 7) is 18.2. The Bertz CT molecular complexity index is 526. The molecule has 0 N–H and O–H groups in total. The summed E-state index contributed by atoms with van der Waals surface area (Å²) in [5.74, 6) is 2.21. The fraction of sp³-hybridized carbons (Fsp3) is 0.821. The molecule has 1 unspecified atom stereocenters. The number of aliphatic imine (C=N–C) groups is 1. The average molecular weight is 499 g/mol. The molecule has 0 spiro atoms. The highest BCUT2D eigenvalue weighted by molar-refractivity contribution is 8.02. The van der Waals surface area contributed by atoms with Gasteiger partial charge in [-0.3, -0.25) is 14.6 Å². The van der Waals surface area contributed by atoms with Crippen molar-refractivity contribution < 1.29 is 14.3 Å². The third kappa shape index (κ3) is 18.2. The molecular formula is C28H54N2O3S. The van der Waals surface area contributed by atoms with Crippen LogP contribution in [0.2, 0.25) is 0 Å². The first-order valence-corrected chi connectivity index (χ1v) is 14.4. The lowest BCUT2D eigenvalue weighted by Crippen LogP contribution is -2.45. The highest BCUT2D eigenvalue weighted by Gasteiger charge is 2.28. The number of amides is 1. The van der Waals surface area contributed by atoms with Crippen molar-refractivity contribution in [2.75, 3.05) is 26.0 Å². The van der Waals surface area contributed by atoms with E-state index < -0.39 is 0 Å². The molecule has 2 atom stereocenters. The molecular weight excluding hydrogens is 444 g/mol. The summed E-state index contributed by atoms with van der Waals surface area (Å²) in [7, 11) is 1.68. The molecule has 0 heterocycles. The second-order valence-corrected chi connectivity index (χ2v) is 10.1. The molecule has 0 saturated carbocycles. The number of hydrogen-bond donors (Lipinski definition) is 0. The second kappa shape index (κ2) is 25.0. The first-order chi connectivity index (χ1) is 16.4. The minimum Gasteiger partial charge on any atom is -0.385 e. The van der Waals surface area contributed by atoms with Crippen LogP contribution in [0.1, 0.15) is 106 Å². The van der Waals surface area contributed by atoms with Crippen molar-refractivity contribution in [2.45, 2.75) is 112 Å². The third-order valence-corrected chi connectivity index (χ3v) is 6.96. The summed E-state index contributed by atoms with van der Waals surface area (Å²) in [5.41, 5.74) is 0.392. The zero-order valence-electron chi connectivity index (χ0n) is 23.3. The quantitative estimate of drug-likeness (QED) is 0.0752. The Balaban J connectivity index is 0. The maximum atomic E-state index is 13.1. The summed E-state index contributed by atoms with van der Waals surface area (Å²) < 4.78 is 4.54. The summed E-state index contributed by atoms with van der Waals surface area (Å²) in [6.07, 6.45) is 11.5. The largest absolute Gasteiger partial charge is 0.385 e. The molecule has 0 aliphatic heterocycles. The van der Waals surface area contributed by atoms with E-state index in [0.717, 1.165) is 63.7 Å². The van der Waals surface area contributed by atoms with Crippen LogP contribution in [0.4, 0.5) is 0 Å². The predicted octanol–water partition coefficient (Wildman–Crippen LogP) is 7.54. The van der Waals surface area contributed by atoms with Gasteiger partial charge in [0.2, 0.25) is 5.91 Å². The Hall–Kier alpha value is -1.14. The van der Waals surface area contributed by atoms with Crippen LogP contribution in [-0.2, 0) is 14.3 Å². The topological polar surface area (TPSA) is 59.0 Å². The van der Waals surface area contributed by atoms with E-state index in [4.69, 9.17) is 0 Å². The molecule has 1 amide bonds. The van der Waals surface area contributed by atoms with E-state index in [0.29, 0.717) is 29.9 Å². The van der Waals surface area contributed by atoms with E-state index >= 15 is 0 Å². The van der Waals surface area contributed by atoms with Crippen molar-refractivity contribution in [3.8, 4) is 0 Å². The summed E-state index contributed by atoms with van der Waals surface area (Å²) in [4.78, 5) is 30.0. The fourth-order valence-electron chi connectivity index (χ4n) is 3.81. The number of unbranched alkanes of at least 4 members (excludes halogenated alkanes) is 4. The van der Waals surface area contributed by atoms with Crippen molar-refractivity contribution in [3.05, 3.63) is 11.1 Å². The lowest BCUT2D eigenvalue weighted by atomic mass is 9.89. The van der Waals surface area contributed by atoms with Crippen LogP contribution in [0.5, 0.6) is 0 Å². The van der Waals surface area contributed by atoms with Crippen LogP contribution in [0.15, 0.2) is 16.1 Å². The molecule has 0 bridgehead atoms. The van der Waals surface area contributed by atoms with Crippen LogP contribution in [0.25, 0.3) is 0 Å². The Labute approximate surface area is 215 Å². The second-order valence-electron chi connectivity index (χ2n) is 9.18. The molecule has 6 heteroatoms. The highest BCUT2D eigenvalue weighted by atomic mass is 32.2. The van der Waals surface area contributed by atoms with Gasteiger partial charge < -0.3 is 9.64 Å². The average Bonchev–Trinajstić information content (AvgIpc) is 2.84. The van der Waals surface area contributed by atoms with Gasteiger partial charge in [0.05, 0.1) is 0 Å². The lowest BCUT2D eigenvalue weighted by molar-refractivity contribution is -0.135. The minimum absolute atomic E-state index is 0.278. The van der Waals surface area contributed by atoms with Gasteiger partial charge in [0.25, 0.3) is 0 Å². The van der Waals surface area contributed by atoms with E-state index in [1.165, 1.54) is 19.3 Å². The minimum atomic E-state index is 0.278. The van der Waals surface area contributed by atoms with Crippen LogP contribution in [0, 0.1) is 11.8 Å². The van der Waals surface area contributed by atoms with Gasteiger partial charge in [0.15, 0.2) is 6.29 Å². The van der Waals surface area contributed by atoms with Gasteiger partial charge in [-0.15, -0.1) is 11.8 Å². The molecule has 0 radical (unpaired) electrons. The summed E-state index contributed by atoms with van der Waals surface area (Å²) in [6, 6.07) is 0.278. The molecule has 0 aliphatic rings. The molecule has 0 aromatic carbocycles.